The van der Waals surface area contributed by atoms with E-state index in [1.54, 1.807) is 4.90 Å². The molecule has 4 heteroatoms. The molecule has 4 nitrogen and oxygen atoms in total. The van der Waals surface area contributed by atoms with Crippen LogP contribution in [0, 0.1) is 0 Å². The van der Waals surface area contributed by atoms with Gasteiger partial charge in [-0.2, -0.15) is 0 Å². The Hall–Kier alpha value is -1.55. The Morgan fingerprint density at radius 3 is 2.48 bits per heavy atom. The molecule has 1 amide bonds. The molecule has 1 atom stereocenters. The molecule has 1 aromatic rings. The molecule has 2 rings (SSSR count). The van der Waals surface area contributed by atoms with E-state index in [2.05, 4.69) is 0 Å². The van der Waals surface area contributed by atoms with Gasteiger partial charge < -0.3 is 14.7 Å². The summed E-state index contributed by atoms with van der Waals surface area (Å²) < 4.78 is 5.41. The monoisotopic (exact) mass is 291 g/mol. The number of hydrogen-bond acceptors (Lipinski definition) is 3. The third-order valence-corrected chi connectivity index (χ3v) is 3.78. The molecule has 0 unspecified atom stereocenters. The fourth-order valence-electron chi connectivity index (χ4n) is 2.67. The van der Waals surface area contributed by atoms with Gasteiger partial charge in [0.05, 0.1) is 5.60 Å². The lowest BCUT2D eigenvalue weighted by molar-refractivity contribution is 0.0128. The standard InChI is InChI=1S/C17H25NO3/c1-16(2,3)21-15(19)18-12-7-10-17(20,11-13-18)14-8-5-4-6-9-14/h4-6,8-9,20H,7,10-13H2,1-3H3/t17-/m1/s1. The molecule has 1 aliphatic rings. The minimum Gasteiger partial charge on any atom is -0.444 e. The minimum atomic E-state index is -0.849. The number of nitrogens with zero attached hydrogens (tertiary/aromatic N) is 1. The van der Waals surface area contributed by atoms with Crippen molar-refractivity contribution in [3.8, 4) is 0 Å². The van der Waals surface area contributed by atoms with Crippen LogP contribution < -0.4 is 0 Å². The fourth-order valence-corrected chi connectivity index (χ4v) is 2.67. The molecular weight excluding hydrogens is 266 g/mol. The molecule has 1 aliphatic heterocycles. The lowest BCUT2D eigenvalue weighted by Crippen LogP contribution is -2.38. The number of rotatable bonds is 1. The minimum absolute atomic E-state index is 0.292. The Balaban J connectivity index is 2.04. The molecule has 0 spiro atoms. The van der Waals surface area contributed by atoms with Gasteiger partial charge in [0, 0.05) is 13.1 Å². The van der Waals surface area contributed by atoms with E-state index in [4.69, 9.17) is 4.74 Å². The SMILES string of the molecule is CC(C)(C)OC(=O)N1CCC[C@](O)(c2ccccc2)CC1. The van der Waals surface area contributed by atoms with Crippen LogP contribution >= 0.6 is 0 Å². The molecule has 116 valence electrons. The van der Waals surface area contributed by atoms with E-state index in [-0.39, 0.29) is 6.09 Å². The van der Waals surface area contributed by atoms with Crippen molar-refractivity contribution in [3.05, 3.63) is 35.9 Å². The molecule has 21 heavy (non-hydrogen) atoms. The van der Waals surface area contributed by atoms with Gasteiger partial charge in [0.15, 0.2) is 0 Å². The number of carbonyl (C=O) groups excluding carboxylic acids is 1. The second kappa shape index (κ2) is 6.06. The van der Waals surface area contributed by atoms with Gasteiger partial charge in [-0.3, -0.25) is 0 Å². The Bertz CT molecular complexity index is 481. The number of amides is 1. The summed E-state index contributed by atoms with van der Waals surface area (Å²) in [4.78, 5) is 13.8. The van der Waals surface area contributed by atoms with Crippen molar-refractivity contribution in [3.63, 3.8) is 0 Å². The van der Waals surface area contributed by atoms with Gasteiger partial charge in [0.1, 0.15) is 5.60 Å². The first-order valence-electron chi connectivity index (χ1n) is 7.56. The molecule has 0 aliphatic carbocycles. The Morgan fingerprint density at radius 2 is 1.86 bits per heavy atom. The summed E-state index contributed by atoms with van der Waals surface area (Å²) in [7, 11) is 0. The molecule has 1 heterocycles. The summed E-state index contributed by atoms with van der Waals surface area (Å²) in [6, 6.07) is 9.70. The maximum absolute atomic E-state index is 12.1. The normalized spacial score (nSPS) is 23.5. The van der Waals surface area contributed by atoms with Gasteiger partial charge in [0.25, 0.3) is 0 Å². The highest BCUT2D eigenvalue weighted by Crippen LogP contribution is 2.32. The molecule has 0 radical (unpaired) electrons. The number of hydrogen-bond donors (Lipinski definition) is 1. The van der Waals surface area contributed by atoms with Crippen LogP contribution in [0.4, 0.5) is 4.79 Å². The van der Waals surface area contributed by atoms with E-state index < -0.39 is 11.2 Å². The van der Waals surface area contributed by atoms with Crippen molar-refractivity contribution in [2.24, 2.45) is 0 Å². The first-order valence-corrected chi connectivity index (χ1v) is 7.56. The third-order valence-electron chi connectivity index (χ3n) is 3.78. The quantitative estimate of drug-likeness (QED) is 0.863. The first kappa shape index (κ1) is 15.8. The Labute approximate surface area is 126 Å². The van der Waals surface area contributed by atoms with Crippen molar-refractivity contribution in [2.45, 2.75) is 51.2 Å². The van der Waals surface area contributed by atoms with E-state index in [0.717, 1.165) is 12.0 Å². The highest BCUT2D eigenvalue weighted by atomic mass is 16.6. The summed E-state index contributed by atoms with van der Waals surface area (Å²) in [6.45, 7) is 6.74. The zero-order chi connectivity index (χ0) is 15.5. The smallest absolute Gasteiger partial charge is 0.410 e. The zero-order valence-electron chi connectivity index (χ0n) is 13.1. The van der Waals surface area contributed by atoms with Crippen molar-refractivity contribution in [1.82, 2.24) is 4.90 Å². The number of benzene rings is 1. The van der Waals surface area contributed by atoms with Crippen molar-refractivity contribution < 1.29 is 14.6 Å². The number of aliphatic hydroxyl groups is 1. The van der Waals surface area contributed by atoms with Gasteiger partial charge in [-0.15, -0.1) is 0 Å². The summed E-state index contributed by atoms with van der Waals surface area (Å²) in [5, 5.41) is 10.9. The summed E-state index contributed by atoms with van der Waals surface area (Å²) in [5.41, 5.74) is -0.409. The highest BCUT2D eigenvalue weighted by molar-refractivity contribution is 5.68. The van der Waals surface area contributed by atoms with Crippen molar-refractivity contribution >= 4 is 6.09 Å². The Morgan fingerprint density at radius 1 is 1.19 bits per heavy atom. The van der Waals surface area contributed by atoms with Crippen LogP contribution in [0.1, 0.15) is 45.6 Å². The molecule has 0 bridgehead atoms. The zero-order valence-corrected chi connectivity index (χ0v) is 13.1. The van der Waals surface area contributed by atoms with Crippen LogP contribution in [-0.2, 0) is 10.3 Å². The van der Waals surface area contributed by atoms with Crippen molar-refractivity contribution in [1.29, 1.82) is 0 Å². The second-order valence-corrected chi connectivity index (χ2v) is 6.72. The molecule has 1 saturated heterocycles. The van der Waals surface area contributed by atoms with Gasteiger partial charge in [-0.05, 0) is 45.6 Å². The van der Waals surface area contributed by atoms with Gasteiger partial charge >= 0.3 is 6.09 Å². The number of likely N-dealkylation sites (tertiary alicyclic amines) is 1. The summed E-state index contributed by atoms with van der Waals surface area (Å²) in [5.74, 6) is 0. The van der Waals surface area contributed by atoms with Crippen molar-refractivity contribution in [2.75, 3.05) is 13.1 Å². The van der Waals surface area contributed by atoms with E-state index >= 15 is 0 Å². The van der Waals surface area contributed by atoms with Crippen LogP contribution in [-0.4, -0.2) is 34.8 Å². The lowest BCUT2D eigenvalue weighted by Gasteiger charge is -2.28. The fraction of sp³-hybridized carbons (Fsp3) is 0.588. The van der Waals surface area contributed by atoms with E-state index in [9.17, 15) is 9.90 Å². The average Bonchev–Trinajstić information content (AvgIpc) is 2.61. The summed E-state index contributed by atoms with van der Waals surface area (Å²) >= 11 is 0. The number of ether oxygens (including phenoxy) is 1. The largest absolute Gasteiger partial charge is 0.444 e. The van der Waals surface area contributed by atoms with Crippen LogP contribution in [0.3, 0.4) is 0 Å². The van der Waals surface area contributed by atoms with E-state index in [0.29, 0.717) is 25.9 Å². The maximum atomic E-state index is 12.1. The highest BCUT2D eigenvalue weighted by Gasteiger charge is 2.34. The molecule has 1 N–H and O–H groups in total. The van der Waals surface area contributed by atoms with Gasteiger partial charge in [0.2, 0.25) is 0 Å². The second-order valence-electron chi connectivity index (χ2n) is 6.72. The topological polar surface area (TPSA) is 49.8 Å². The van der Waals surface area contributed by atoms with Gasteiger partial charge in [-0.1, -0.05) is 30.3 Å². The van der Waals surface area contributed by atoms with Crippen LogP contribution in [0.25, 0.3) is 0 Å². The predicted molar refractivity (Wildman–Crippen MR) is 82.0 cm³/mol. The van der Waals surface area contributed by atoms with E-state index in [1.807, 2.05) is 51.1 Å². The number of carbonyl (C=O) groups is 1. The Kier molecular flexibility index (Phi) is 4.57. The summed E-state index contributed by atoms with van der Waals surface area (Å²) in [6.07, 6.45) is 1.68. The van der Waals surface area contributed by atoms with Crippen LogP contribution in [0.15, 0.2) is 30.3 Å². The van der Waals surface area contributed by atoms with Crippen LogP contribution in [0.2, 0.25) is 0 Å². The molecule has 0 saturated carbocycles. The molecular formula is C17H25NO3. The molecule has 1 fully saturated rings. The predicted octanol–water partition coefficient (Wildman–Crippen LogP) is 3.30. The average molecular weight is 291 g/mol. The third kappa shape index (κ3) is 4.21. The lowest BCUT2D eigenvalue weighted by atomic mass is 9.87. The first-order chi connectivity index (χ1) is 9.80. The molecule has 1 aromatic carbocycles. The van der Waals surface area contributed by atoms with Crippen LogP contribution in [0.5, 0.6) is 0 Å². The molecule has 0 aromatic heterocycles. The maximum Gasteiger partial charge on any atom is 0.410 e. The van der Waals surface area contributed by atoms with Gasteiger partial charge in [-0.25, -0.2) is 4.79 Å². The van der Waals surface area contributed by atoms with E-state index in [1.165, 1.54) is 0 Å².